The van der Waals surface area contributed by atoms with Crippen molar-refractivity contribution < 1.29 is 14.3 Å². The normalized spacial score (nSPS) is 16.4. The lowest BCUT2D eigenvalue weighted by Gasteiger charge is -2.14. The van der Waals surface area contributed by atoms with Crippen LogP contribution in [-0.4, -0.2) is 22.5 Å². The molecule has 146 valence electrons. The van der Waals surface area contributed by atoms with E-state index >= 15 is 0 Å². The largest absolute Gasteiger partial charge is 0.454 e. The zero-order valence-electron chi connectivity index (χ0n) is 15.9. The summed E-state index contributed by atoms with van der Waals surface area (Å²) in [5.74, 6) is 1.25. The van der Waals surface area contributed by atoms with E-state index in [1.807, 2.05) is 78.9 Å². The number of rotatable bonds is 3. The number of hydrogen-bond acceptors (Lipinski definition) is 4. The number of aromatic nitrogens is 2. The minimum absolute atomic E-state index is 0.147. The van der Waals surface area contributed by atoms with Crippen LogP contribution < -0.4 is 14.8 Å². The van der Waals surface area contributed by atoms with E-state index in [1.165, 1.54) is 0 Å². The Labute approximate surface area is 172 Å². The number of hydrogen-bond donors (Lipinski definition) is 1. The van der Waals surface area contributed by atoms with Gasteiger partial charge in [-0.1, -0.05) is 54.6 Å². The molecular formula is C24H17N3O3. The standard InChI is InChI=1S/C24H17N3O3/c28-24-23-20(21(25-24)16-11-12-18-19(13-16)30-14-29-18)22(15-7-3-1-4-8-15)26-27(23)17-9-5-2-6-10-17/h1-13,21H,14H2,(H,25,28). The first-order chi connectivity index (χ1) is 14.8. The van der Waals surface area contributed by atoms with Crippen molar-refractivity contribution in [2.75, 3.05) is 6.79 Å². The van der Waals surface area contributed by atoms with Crippen molar-refractivity contribution in [2.45, 2.75) is 6.04 Å². The summed E-state index contributed by atoms with van der Waals surface area (Å²) in [5, 5.41) is 8.00. The molecule has 0 saturated heterocycles. The van der Waals surface area contributed by atoms with E-state index in [4.69, 9.17) is 14.6 Å². The van der Waals surface area contributed by atoms with Crippen LogP contribution in [0.1, 0.15) is 27.7 Å². The predicted octanol–water partition coefficient (Wildman–Crippen LogP) is 4.10. The van der Waals surface area contributed by atoms with Gasteiger partial charge in [-0.05, 0) is 29.8 Å². The molecule has 6 rings (SSSR count). The highest BCUT2D eigenvalue weighted by Gasteiger charge is 2.38. The highest BCUT2D eigenvalue weighted by molar-refractivity contribution is 6.01. The third kappa shape index (κ3) is 2.50. The molecule has 1 N–H and O–H groups in total. The van der Waals surface area contributed by atoms with Crippen molar-refractivity contribution in [2.24, 2.45) is 0 Å². The minimum Gasteiger partial charge on any atom is -0.454 e. The third-order valence-corrected chi connectivity index (χ3v) is 5.48. The number of carbonyl (C=O) groups is 1. The number of amides is 1. The third-order valence-electron chi connectivity index (χ3n) is 5.48. The van der Waals surface area contributed by atoms with Crippen molar-refractivity contribution in [3.63, 3.8) is 0 Å². The van der Waals surface area contributed by atoms with Gasteiger partial charge in [0.1, 0.15) is 5.69 Å². The highest BCUT2D eigenvalue weighted by atomic mass is 16.7. The van der Waals surface area contributed by atoms with Crippen LogP contribution in [0.25, 0.3) is 16.9 Å². The Balaban J connectivity index is 1.57. The van der Waals surface area contributed by atoms with Gasteiger partial charge in [0, 0.05) is 11.1 Å². The summed E-state index contributed by atoms with van der Waals surface area (Å²) >= 11 is 0. The maximum absolute atomic E-state index is 13.1. The average Bonchev–Trinajstić information content (AvgIpc) is 3.50. The fraction of sp³-hybridized carbons (Fsp3) is 0.0833. The number of para-hydroxylation sites is 1. The highest BCUT2D eigenvalue weighted by Crippen LogP contribution is 2.42. The number of fused-ring (bicyclic) bond motifs is 2. The fourth-order valence-corrected chi connectivity index (χ4v) is 4.10. The first-order valence-electron chi connectivity index (χ1n) is 9.74. The quantitative estimate of drug-likeness (QED) is 0.567. The van der Waals surface area contributed by atoms with E-state index in [1.54, 1.807) is 4.68 Å². The van der Waals surface area contributed by atoms with Crippen LogP contribution in [0.15, 0.2) is 78.9 Å². The molecule has 1 amide bonds. The summed E-state index contributed by atoms with van der Waals surface area (Å²) in [5.41, 5.74) is 4.95. The van der Waals surface area contributed by atoms with Crippen molar-refractivity contribution in [3.8, 4) is 28.4 Å². The van der Waals surface area contributed by atoms with Crippen molar-refractivity contribution in [1.82, 2.24) is 15.1 Å². The van der Waals surface area contributed by atoms with Crippen LogP contribution in [0.4, 0.5) is 0 Å². The number of carbonyl (C=O) groups excluding carboxylic acids is 1. The number of nitrogens with one attached hydrogen (secondary N) is 1. The number of ether oxygens (including phenoxy) is 2. The second kappa shape index (κ2) is 6.49. The topological polar surface area (TPSA) is 65.4 Å². The van der Waals surface area contributed by atoms with Crippen molar-refractivity contribution >= 4 is 5.91 Å². The van der Waals surface area contributed by atoms with Gasteiger partial charge >= 0.3 is 0 Å². The summed E-state index contributed by atoms with van der Waals surface area (Å²) in [4.78, 5) is 13.1. The van der Waals surface area contributed by atoms with Crippen LogP contribution in [0.5, 0.6) is 11.5 Å². The van der Waals surface area contributed by atoms with E-state index in [2.05, 4.69) is 5.32 Å². The Morgan fingerprint density at radius 1 is 0.900 bits per heavy atom. The lowest BCUT2D eigenvalue weighted by molar-refractivity contribution is 0.0953. The summed E-state index contributed by atoms with van der Waals surface area (Å²) in [7, 11) is 0. The summed E-state index contributed by atoms with van der Waals surface area (Å²) < 4.78 is 12.7. The summed E-state index contributed by atoms with van der Waals surface area (Å²) in [6.45, 7) is 0.211. The van der Waals surface area contributed by atoms with Gasteiger partial charge in [-0.2, -0.15) is 5.10 Å². The number of nitrogens with zero attached hydrogens (tertiary/aromatic N) is 2. The maximum Gasteiger partial charge on any atom is 0.271 e. The molecule has 2 aliphatic rings. The van der Waals surface area contributed by atoms with Crippen LogP contribution in [0.2, 0.25) is 0 Å². The summed E-state index contributed by atoms with van der Waals surface area (Å²) in [6, 6.07) is 25.1. The molecule has 1 aromatic heterocycles. The molecule has 2 aliphatic heterocycles. The van der Waals surface area contributed by atoms with Crippen LogP contribution in [-0.2, 0) is 0 Å². The van der Waals surface area contributed by atoms with Crippen LogP contribution in [0, 0.1) is 0 Å². The van der Waals surface area contributed by atoms with E-state index in [-0.39, 0.29) is 18.7 Å². The zero-order chi connectivity index (χ0) is 20.1. The molecule has 3 aromatic carbocycles. The molecule has 3 heterocycles. The Kier molecular flexibility index (Phi) is 3.64. The van der Waals surface area contributed by atoms with Crippen molar-refractivity contribution in [3.05, 3.63) is 95.7 Å². The number of benzene rings is 3. The Hall–Kier alpha value is -4.06. The van der Waals surface area contributed by atoms with Gasteiger partial charge in [-0.3, -0.25) is 4.79 Å². The van der Waals surface area contributed by atoms with Gasteiger partial charge < -0.3 is 14.8 Å². The molecule has 4 aromatic rings. The molecule has 0 spiro atoms. The molecule has 6 heteroatoms. The predicted molar refractivity (Wildman–Crippen MR) is 111 cm³/mol. The monoisotopic (exact) mass is 395 g/mol. The van der Waals surface area contributed by atoms with Gasteiger partial charge in [0.05, 0.1) is 17.4 Å². The molecule has 0 saturated carbocycles. The van der Waals surface area contributed by atoms with E-state index in [9.17, 15) is 4.79 Å². The minimum atomic E-state index is -0.324. The second-order valence-electron chi connectivity index (χ2n) is 7.24. The van der Waals surface area contributed by atoms with E-state index in [0.717, 1.165) is 28.1 Å². The summed E-state index contributed by atoms with van der Waals surface area (Å²) in [6.07, 6.45) is 0. The van der Waals surface area contributed by atoms with Crippen molar-refractivity contribution in [1.29, 1.82) is 0 Å². The fourth-order valence-electron chi connectivity index (χ4n) is 4.10. The molecule has 0 bridgehead atoms. The molecular weight excluding hydrogens is 378 g/mol. The first-order valence-corrected chi connectivity index (χ1v) is 9.74. The first kappa shape index (κ1) is 16.9. The van der Waals surface area contributed by atoms with Gasteiger partial charge in [-0.25, -0.2) is 4.68 Å². The molecule has 6 nitrogen and oxygen atoms in total. The Morgan fingerprint density at radius 2 is 1.63 bits per heavy atom. The van der Waals surface area contributed by atoms with Crippen LogP contribution in [0.3, 0.4) is 0 Å². The lowest BCUT2D eigenvalue weighted by atomic mass is 9.96. The second-order valence-corrected chi connectivity index (χ2v) is 7.24. The lowest BCUT2D eigenvalue weighted by Crippen LogP contribution is -2.22. The van der Waals surface area contributed by atoms with E-state index < -0.39 is 0 Å². The molecule has 30 heavy (non-hydrogen) atoms. The smallest absolute Gasteiger partial charge is 0.271 e. The Bertz CT molecular complexity index is 1270. The molecule has 0 fully saturated rings. The Morgan fingerprint density at radius 3 is 2.43 bits per heavy atom. The average molecular weight is 395 g/mol. The van der Waals surface area contributed by atoms with Crippen LogP contribution >= 0.6 is 0 Å². The zero-order valence-corrected chi connectivity index (χ0v) is 15.9. The maximum atomic E-state index is 13.1. The molecule has 0 aliphatic carbocycles. The van der Waals surface area contributed by atoms with Gasteiger partial charge in [0.15, 0.2) is 11.5 Å². The van der Waals surface area contributed by atoms with Gasteiger partial charge in [0.2, 0.25) is 6.79 Å². The van der Waals surface area contributed by atoms with Gasteiger partial charge in [-0.15, -0.1) is 0 Å². The molecule has 1 atom stereocenters. The van der Waals surface area contributed by atoms with E-state index in [0.29, 0.717) is 17.2 Å². The van der Waals surface area contributed by atoms with Gasteiger partial charge in [0.25, 0.3) is 5.91 Å². The molecule has 0 radical (unpaired) electrons. The SMILES string of the molecule is O=C1NC(c2ccc3c(c2)OCO3)c2c(-c3ccccc3)nn(-c3ccccc3)c21. The molecule has 1 unspecified atom stereocenters.